The number of nitrogens with one attached hydrogen (secondary N) is 1. The Morgan fingerprint density at radius 2 is 1.76 bits per heavy atom. The van der Waals surface area contributed by atoms with Crippen molar-refractivity contribution in [2.24, 2.45) is 0 Å². The zero-order valence-corrected chi connectivity index (χ0v) is 14.8. The lowest BCUT2D eigenvalue weighted by Crippen LogP contribution is -2.28. The van der Waals surface area contributed by atoms with Crippen LogP contribution in [0.1, 0.15) is 28.9 Å². The number of hydrogen-bond donors (Lipinski definition) is 1. The van der Waals surface area contributed by atoms with Crippen molar-refractivity contribution < 1.29 is 22.7 Å². The largest absolute Gasteiger partial charge is 0.486 e. The van der Waals surface area contributed by atoms with Gasteiger partial charge in [0.1, 0.15) is 13.2 Å². The number of carbonyl (C=O) groups excluding carboxylic acids is 1. The van der Waals surface area contributed by atoms with Crippen LogP contribution in [0.3, 0.4) is 0 Å². The minimum atomic E-state index is -3.49. The van der Waals surface area contributed by atoms with Crippen LogP contribution in [0, 0.1) is 0 Å². The second-order valence-electron chi connectivity index (χ2n) is 5.87. The van der Waals surface area contributed by atoms with Crippen molar-refractivity contribution in [3.63, 3.8) is 0 Å². The molecule has 132 valence electrons. The first kappa shape index (κ1) is 17.3. The Labute approximate surface area is 146 Å². The molecule has 1 N–H and O–H groups in total. The lowest BCUT2D eigenvalue weighted by Gasteiger charge is -2.21. The van der Waals surface area contributed by atoms with Crippen molar-refractivity contribution in [3.8, 4) is 11.5 Å². The zero-order valence-electron chi connectivity index (χ0n) is 14.0. The monoisotopic (exact) mass is 361 g/mol. The summed E-state index contributed by atoms with van der Waals surface area (Å²) in [5, 5.41) is 2.83. The first-order valence-electron chi connectivity index (χ1n) is 7.86. The van der Waals surface area contributed by atoms with E-state index in [0.717, 1.165) is 11.8 Å². The molecule has 1 amide bonds. The van der Waals surface area contributed by atoms with Gasteiger partial charge in [-0.25, -0.2) is 8.42 Å². The molecule has 0 saturated carbocycles. The molecular weight excluding hydrogens is 342 g/mol. The number of benzene rings is 2. The third-order valence-corrected chi connectivity index (χ3v) is 5.10. The Balaban J connectivity index is 1.82. The van der Waals surface area contributed by atoms with E-state index in [1.54, 1.807) is 18.2 Å². The maximum Gasteiger partial charge on any atom is 0.253 e. The molecular formula is C18H19NO5S. The van der Waals surface area contributed by atoms with Gasteiger partial charge in [-0.05, 0) is 36.8 Å². The molecule has 0 fully saturated rings. The van der Waals surface area contributed by atoms with Gasteiger partial charge in [-0.15, -0.1) is 0 Å². The van der Waals surface area contributed by atoms with Gasteiger partial charge in [0, 0.05) is 6.26 Å². The predicted molar refractivity (Wildman–Crippen MR) is 92.9 cm³/mol. The van der Waals surface area contributed by atoms with Crippen LogP contribution in [-0.2, 0) is 9.84 Å². The number of hydrogen-bond acceptors (Lipinski definition) is 5. The maximum atomic E-state index is 12.6. The summed E-state index contributed by atoms with van der Waals surface area (Å²) < 4.78 is 34.8. The summed E-state index contributed by atoms with van der Waals surface area (Å²) in [7, 11) is -3.49. The van der Waals surface area contributed by atoms with E-state index < -0.39 is 15.7 Å². The second kappa shape index (κ2) is 6.76. The van der Waals surface area contributed by atoms with Crippen LogP contribution in [0.2, 0.25) is 0 Å². The van der Waals surface area contributed by atoms with Crippen LogP contribution in [0.4, 0.5) is 0 Å². The smallest absolute Gasteiger partial charge is 0.253 e. The van der Waals surface area contributed by atoms with Gasteiger partial charge < -0.3 is 14.8 Å². The molecule has 1 aliphatic rings. The summed E-state index contributed by atoms with van der Waals surface area (Å²) in [5.74, 6) is 0.876. The number of ether oxygens (including phenoxy) is 2. The fourth-order valence-electron chi connectivity index (χ4n) is 2.66. The summed E-state index contributed by atoms with van der Waals surface area (Å²) in [6.45, 7) is 2.83. The third kappa shape index (κ3) is 3.76. The first-order chi connectivity index (χ1) is 11.9. The van der Waals surface area contributed by atoms with E-state index in [2.05, 4.69) is 5.32 Å². The number of amides is 1. The van der Waals surface area contributed by atoms with Crippen molar-refractivity contribution in [1.29, 1.82) is 0 Å². The topological polar surface area (TPSA) is 81.7 Å². The van der Waals surface area contributed by atoms with Crippen LogP contribution in [0.5, 0.6) is 11.5 Å². The van der Waals surface area contributed by atoms with Crippen LogP contribution in [0.25, 0.3) is 0 Å². The van der Waals surface area contributed by atoms with Gasteiger partial charge in [0.25, 0.3) is 5.91 Å². The Kier molecular flexibility index (Phi) is 4.67. The zero-order chi connectivity index (χ0) is 18.0. The first-order valence-corrected chi connectivity index (χ1v) is 9.75. The quantitative estimate of drug-likeness (QED) is 0.904. The van der Waals surface area contributed by atoms with Crippen molar-refractivity contribution >= 4 is 15.7 Å². The lowest BCUT2D eigenvalue weighted by atomic mass is 10.1. The van der Waals surface area contributed by atoms with Gasteiger partial charge in [-0.2, -0.15) is 0 Å². The SMILES string of the molecule is CC(NC(=O)c1ccccc1S(C)(=O)=O)c1ccc2c(c1)OCCO2. The van der Waals surface area contributed by atoms with Crippen molar-refractivity contribution in [3.05, 3.63) is 53.6 Å². The fourth-order valence-corrected chi connectivity index (χ4v) is 3.55. The number of fused-ring (bicyclic) bond motifs is 1. The van der Waals surface area contributed by atoms with E-state index in [1.165, 1.54) is 12.1 Å². The molecule has 1 heterocycles. The van der Waals surface area contributed by atoms with Gasteiger partial charge in [0.2, 0.25) is 0 Å². The Hall–Kier alpha value is -2.54. The van der Waals surface area contributed by atoms with Crippen molar-refractivity contribution in [1.82, 2.24) is 5.32 Å². The molecule has 0 radical (unpaired) electrons. The molecule has 0 spiro atoms. The van der Waals surface area contributed by atoms with E-state index in [4.69, 9.17) is 9.47 Å². The Morgan fingerprint density at radius 3 is 2.48 bits per heavy atom. The van der Waals surface area contributed by atoms with Crippen LogP contribution < -0.4 is 14.8 Å². The highest BCUT2D eigenvalue weighted by atomic mass is 32.2. The summed E-state index contributed by atoms with van der Waals surface area (Å²) in [6.07, 6.45) is 1.09. The molecule has 7 heteroatoms. The molecule has 0 aliphatic carbocycles. The lowest BCUT2D eigenvalue weighted by molar-refractivity contribution is 0.0936. The van der Waals surface area contributed by atoms with Crippen molar-refractivity contribution in [2.45, 2.75) is 17.9 Å². The van der Waals surface area contributed by atoms with E-state index in [-0.39, 0.29) is 16.5 Å². The number of sulfone groups is 1. The summed E-state index contributed by atoms with van der Waals surface area (Å²) in [6, 6.07) is 11.3. The van der Waals surface area contributed by atoms with E-state index in [0.29, 0.717) is 24.7 Å². The average Bonchev–Trinajstić information content (AvgIpc) is 2.60. The molecule has 0 aromatic heterocycles. The molecule has 0 saturated heterocycles. The summed E-state index contributed by atoms with van der Waals surface area (Å²) in [5.41, 5.74) is 0.976. The van der Waals surface area contributed by atoms with Gasteiger partial charge in [-0.1, -0.05) is 18.2 Å². The minimum Gasteiger partial charge on any atom is -0.486 e. The highest BCUT2D eigenvalue weighted by Crippen LogP contribution is 2.32. The van der Waals surface area contributed by atoms with Gasteiger partial charge in [-0.3, -0.25) is 4.79 Å². The van der Waals surface area contributed by atoms with E-state index in [9.17, 15) is 13.2 Å². The minimum absolute atomic E-state index is 0.0156. The molecule has 1 unspecified atom stereocenters. The van der Waals surface area contributed by atoms with Gasteiger partial charge >= 0.3 is 0 Å². The van der Waals surface area contributed by atoms with Gasteiger partial charge in [0.15, 0.2) is 21.3 Å². The van der Waals surface area contributed by atoms with Crippen molar-refractivity contribution in [2.75, 3.05) is 19.5 Å². The van der Waals surface area contributed by atoms with Crippen LogP contribution in [0.15, 0.2) is 47.4 Å². The molecule has 25 heavy (non-hydrogen) atoms. The predicted octanol–water partition coefficient (Wildman–Crippen LogP) is 2.35. The van der Waals surface area contributed by atoms with Crippen LogP contribution in [-0.4, -0.2) is 33.8 Å². The highest BCUT2D eigenvalue weighted by molar-refractivity contribution is 7.90. The fraction of sp³-hybridized carbons (Fsp3) is 0.278. The molecule has 1 aliphatic heterocycles. The Morgan fingerprint density at radius 1 is 1.08 bits per heavy atom. The molecule has 2 aromatic carbocycles. The van der Waals surface area contributed by atoms with Gasteiger partial charge in [0.05, 0.1) is 16.5 Å². The molecule has 3 rings (SSSR count). The Bertz CT molecular complexity index is 907. The summed E-state index contributed by atoms with van der Waals surface area (Å²) >= 11 is 0. The highest BCUT2D eigenvalue weighted by Gasteiger charge is 2.21. The molecule has 2 aromatic rings. The van der Waals surface area contributed by atoms with E-state index in [1.807, 2.05) is 19.1 Å². The normalized spacial score (nSPS) is 14.6. The number of carbonyl (C=O) groups is 1. The second-order valence-corrected chi connectivity index (χ2v) is 7.85. The summed E-state index contributed by atoms with van der Waals surface area (Å²) in [4.78, 5) is 12.6. The standard InChI is InChI=1S/C18H19NO5S/c1-12(13-7-8-15-16(11-13)24-10-9-23-15)19-18(20)14-5-3-4-6-17(14)25(2,21)22/h3-8,11-12H,9-10H2,1-2H3,(H,19,20). The third-order valence-electron chi connectivity index (χ3n) is 3.94. The molecule has 6 nitrogen and oxygen atoms in total. The molecule has 0 bridgehead atoms. The molecule has 1 atom stereocenters. The number of rotatable bonds is 4. The van der Waals surface area contributed by atoms with E-state index >= 15 is 0 Å². The average molecular weight is 361 g/mol. The maximum absolute atomic E-state index is 12.6. The van der Waals surface area contributed by atoms with Crippen LogP contribution >= 0.6 is 0 Å².